The Balaban J connectivity index is 2.18. The fourth-order valence-electron chi connectivity index (χ4n) is 1.43. The van der Waals surface area contributed by atoms with E-state index in [2.05, 4.69) is 10.0 Å². The molecule has 16 heavy (non-hydrogen) atoms. The van der Waals surface area contributed by atoms with Crippen molar-refractivity contribution < 1.29 is 13.2 Å². The van der Waals surface area contributed by atoms with E-state index in [4.69, 9.17) is 4.74 Å². The van der Waals surface area contributed by atoms with Crippen LogP contribution in [0.3, 0.4) is 0 Å². The second-order valence-corrected chi connectivity index (χ2v) is 5.50. The molecular weight excluding hydrogens is 228 g/mol. The second kappa shape index (κ2) is 4.40. The van der Waals surface area contributed by atoms with E-state index in [0.717, 1.165) is 5.69 Å². The minimum absolute atomic E-state index is 0.264. The van der Waals surface area contributed by atoms with Crippen LogP contribution in [-0.2, 0) is 14.8 Å². The van der Waals surface area contributed by atoms with Crippen LogP contribution in [0.2, 0.25) is 0 Å². The van der Waals surface area contributed by atoms with Gasteiger partial charge in [-0.25, -0.2) is 13.1 Å². The summed E-state index contributed by atoms with van der Waals surface area (Å²) < 4.78 is 30.4. The van der Waals surface area contributed by atoms with Crippen molar-refractivity contribution in [3.63, 3.8) is 0 Å². The molecule has 2 rings (SSSR count). The number of sulfonamides is 1. The minimum Gasteiger partial charge on any atom is -0.378 e. The number of nitrogens with one attached hydrogen (secondary N) is 2. The zero-order valence-electron chi connectivity index (χ0n) is 8.93. The van der Waals surface area contributed by atoms with E-state index in [1.54, 1.807) is 18.2 Å². The molecule has 1 aliphatic heterocycles. The third-order valence-electron chi connectivity index (χ3n) is 2.42. The molecular formula is C10H14N2O3S. The van der Waals surface area contributed by atoms with E-state index < -0.39 is 10.0 Å². The Morgan fingerprint density at radius 2 is 2.12 bits per heavy atom. The maximum atomic E-state index is 11.6. The van der Waals surface area contributed by atoms with Crippen molar-refractivity contribution in [3.8, 4) is 0 Å². The number of anilines is 1. The molecule has 1 aliphatic rings. The Bertz CT molecular complexity index is 469. The van der Waals surface area contributed by atoms with Crippen LogP contribution in [0.1, 0.15) is 0 Å². The highest BCUT2D eigenvalue weighted by Crippen LogP contribution is 2.17. The Morgan fingerprint density at radius 3 is 2.69 bits per heavy atom. The van der Waals surface area contributed by atoms with Gasteiger partial charge in [0.2, 0.25) is 10.0 Å². The summed E-state index contributed by atoms with van der Waals surface area (Å²) in [4.78, 5) is 0.264. The monoisotopic (exact) mass is 242 g/mol. The lowest BCUT2D eigenvalue weighted by Crippen LogP contribution is -2.40. The highest BCUT2D eigenvalue weighted by atomic mass is 32.2. The molecule has 2 N–H and O–H groups in total. The van der Waals surface area contributed by atoms with Crippen molar-refractivity contribution in [2.45, 2.75) is 10.9 Å². The fraction of sp³-hybridized carbons (Fsp3) is 0.400. The van der Waals surface area contributed by atoms with Crippen LogP contribution in [0.4, 0.5) is 5.69 Å². The van der Waals surface area contributed by atoms with Crippen molar-refractivity contribution in [3.05, 3.63) is 24.3 Å². The first-order valence-corrected chi connectivity index (χ1v) is 6.48. The maximum Gasteiger partial charge on any atom is 0.240 e. The molecule has 0 aliphatic carbocycles. The zero-order valence-corrected chi connectivity index (χ0v) is 9.75. The van der Waals surface area contributed by atoms with Crippen molar-refractivity contribution in [2.75, 3.05) is 25.6 Å². The van der Waals surface area contributed by atoms with Gasteiger partial charge in [0.05, 0.1) is 24.2 Å². The van der Waals surface area contributed by atoms with Crippen molar-refractivity contribution in [1.29, 1.82) is 0 Å². The van der Waals surface area contributed by atoms with E-state index in [0.29, 0.717) is 13.2 Å². The molecule has 0 bridgehead atoms. The first kappa shape index (κ1) is 11.4. The predicted molar refractivity (Wildman–Crippen MR) is 60.9 cm³/mol. The fourth-order valence-corrected chi connectivity index (χ4v) is 2.20. The molecule has 0 unspecified atom stereocenters. The van der Waals surface area contributed by atoms with Crippen LogP contribution >= 0.6 is 0 Å². The smallest absolute Gasteiger partial charge is 0.240 e. The summed E-state index contributed by atoms with van der Waals surface area (Å²) in [6.45, 7) is 1.34. The predicted octanol–water partition coefficient (Wildman–Crippen LogP) is 0.405. The second-order valence-electron chi connectivity index (χ2n) is 3.61. The third-order valence-corrected chi connectivity index (χ3v) is 3.83. The molecule has 1 saturated heterocycles. The Morgan fingerprint density at radius 1 is 1.38 bits per heavy atom. The third kappa shape index (κ3) is 2.34. The lowest BCUT2D eigenvalue weighted by atomic mass is 10.2. The summed E-state index contributed by atoms with van der Waals surface area (Å²) in [6, 6.07) is 7.02. The summed E-state index contributed by atoms with van der Waals surface area (Å²) in [5.74, 6) is 0. The van der Waals surface area contributed by atoms with Gasteiger partial charge >= 0.3 is 0 Å². The number of benzene rings is 1. The van der Waals surface area contributed by atoms with Gasteiger partial charge in [0.1, 0.15) is 0 Å². The first-order chi connectivity index (χ1) is 7.62. The number of hydrogen-bond donors (Lipinski definition) is 2. The van der Waals surface area contributed by atoms with Crippen molar-refractivity contribution >= 4 is 15.7 Å². The summed E-state index contributed by atoms with van der Waals surface area (Å²) in [5, 5.41) is 3.20. The molecule has 5 nitrogen and oxygen atoms in total. The van der Waals surface area contributed by atoms with Gasteiger partial charge in [-0.2, -0.15) is 0 Å². The molecule has 6 heteroatoms. The van der Waals surface area contributed by atoms with Gasteiger partial charge in [-0.3, -0.25) is 0 Å². The average Bonchev–Trinajstić information content (AvgIpc) is 2.24. The van der Waals surface area contributed by atoms with Crippen LogP contribution in [-0.4, -0.2) is 34.7 Å². The van der Waals surface area contributed by atoms with Crippen molar-refractivity contribution in [2.24, 2.45) is 0 Å². The summed E-state index contributed by atoms with van der Waals surface area (Å²) in [7, 11) is -1.97. The minimum atomic E-state index is -3.37. The van der Waals surface area contributed by atoms with Gasteiger partial charge in [-0.15, -0.1) is 0 Å². The quantitative estimate of drug-likeness (QED) is 0.802. The average molecular weight is 242 g/mol. The SMILES string of the molecule is CNS(=O)(=O)c1cccc(NC2COC2)c1. The van der Waals surface area contributed by atoms with Gasteiger partial charge in [0, 0.05) is 5.69 Å². The first-order valence-electron chi connectivity index (χ1n) is 5.00. The van der Waals surface area contributed by atoms with E-state index >= 15 is 0 Å². The van der Waals surface area contributed by atoms with Crippen LogP contribution in [0, 0.1) is 0 Å². The van der Waals surface area contributed by atoms with Crippen LogP contribution in [0.15, 0.2) is 29.2 Å². The number of ether oxygens (including phenoxy) is 1. The highest BCUT2D eigenvalue weighted by molar-refractivity contribution is 7.89. The highest BCUT2D eigenvalue weighted by Gasteiger charge is 2.18. The molecule has 0 saturated carbocycles. The molecule has 0 aromatic heterocycles. The molecule has 88 valence electrons. The summed E-state index contributed by atoms with van der Waals surface area (Å²) in [5.41, 5.74) is 0.796. The van der Waals surface area contributed by atoms with E-state index in [1.807, 2.05) is 6.07 Å². The van der Waals surface area contributed by atoms with Gasteiger partial charge in [0.15, 0.2) is 0 Å². The molecule has 0 spiro atoms. The normalized spacial score (nSPS) is 16.8. The molecule has 1 aromatic rings. The standard InChI is InChI=1S/C10H14N2O3S/c1-11-16(13,14)10-4-2-3-8(5-10)12-9-6-15-7-9/h2-5,9,11-12H,6-7H2,1H3. The largest absolute Gasteiger partial charge is 0.378 e. The van der Waals surface area contributed by atoms with Gasteiger partial charge in [0.25, 0.3) is 0 Å². The van der Waals surface area contributed by atoms with Gasteiger partial charge in [-0.05, 0) is 25.2 Å². The lowest BCUT2D eigenvalue weighted by molar-refractivity contribution is 0.0211. The Kier molecular flexibility index (Phi) is 3.13. The van der Waals surface area contributed by atoms with E-state index in [-0.39, 0.29) is 10.9 Å². The van der Waals surface area contributed by atoms with Crippen LogP contribution in [0.25, 0.3) is 0 Å². The lowest BCUT2D eigenvalue weighted by Gasteiger charge is -2.27. The summed E-state index contributed by atoms with van der Waals surface area (Å²) >= 11 is 0. The summed E-state index contributed by atoms with van der Waals surface area (Å²) in [6.07, 6.45) is 0. The van der Waals surface area contributed by atoms with E-state index in [1.165, 1.54) is 7.05 Å². The maximum absolute atomic E-state index is 11.6. The zero-order chi connectivity index (χ0) is 11.6. The van der Waals surface area contributed by atoms with Crippen molar-refractivity contribution in [1.82, 2.24) is 4.72 Å². The molecule has 1 aromatic carbocycles. The van der Waals surface area contributed by atoms with Crippen LogP contribution < -0.4 is 10.0 Å². The van der Waals surface area contributed by atoms with E-state index in [9.17, 15) is 8.42 Å². The van der Waals surface area contributed by atoms with Crippen LogP contribution in [0.5, 0.6) is 0 Å². The number of rotatable bonds is 4. The Hall–Kier alpha value is -1.11. The molecule has 0 amide bonds. The number of hydrogen-bond acceptors (Lipinski definition) is 4. The topological polar surface area (TPSA) is 67.4 Å². The van der Waals surface area contributed by atoms with Gasteiger partial charge < -0.3 is 10.1 Å². The van der Waals surface area contributed by atoms with Gasteiger partial charge in [-0.1, -0.05) is 6.07 Å². The molecule has 1 heterocycles. The molecule has 0 radical (unpaired) electrons. The Labute approximate surface area is 94.9 Å². The molecule has 0 atom stereocenters. The molecule has 1 fully saturated rings.